The molecule has 0 saturated carbocycles. The molecule has 0 aromatic heterocycles. The fraction of sp³-hybridized carbons (Fsp3) is 0.750. The van der Waals surface area contributed by atoms with E-state index in [4.69, 9.17) is 10.8 Å². The van der Waals surface area contributed by atoms with E-state index in [0.717, 1.165) is 0 Å². The summed E-state index contributed by atoms with van der Waals surface area (Å²) in [7, 11) is 0. The maximum Gasteiger partial charge on any atom is 0.326 e. The zero-order valence-electron chi connectivity index (χ0n) is 15.8. The average molecular weight is 374 g/mol. The molecular formula is C16H30N4O6. The number of nitrogens with two attached hydrogens (primary N) is 1. The van der Waals surface area contributed by atoms with Gasteiger partial charge in [-0.15, -0.1) is 0 Å². The van der Waals surface area contributed by atoms with Crippen LogP contribution in [-0.2, 0) is 19.2 Å². The van der Waals surface area contributed by atoms with Gasteiger partial charge in [-0.05, 0) is 18.8 Å². The molecule has 4 atom stereocenters. The Morgan fingerprint density at radius 1 is 0.885 bits per heavy atom. The van der Waals surface area contributed by atoms with Gasteiger partial charge in [-0.25, -0.2) is 4.79 Å². The molecule has 7 N–H and O–H groups in total. The van der Waals surface area contributed by atoms with Crippen LogP contribution in [0.15, 0.2) is 0 Å². The summed E-state index contributed by atoms with van der Waals surface area (Å²) in [5.74, 6) is -3.79. The largest absolute Gasteiger partial charge is 0.480 e. The van der Waals surface area contributed by atoms with Crippen molar-refractivity contribution in [3.63, 3.8) is 0 Å². The molecule has 4 unspecified atom stereocenters. The number of hydrogen-bond acceptors (Lipinski definition) is 6. The number of nitrogens with one attached hydrogen (secondary N) is 3. The Balaban J connectivity index is 4.81. The first-order valence-corrected chi connectivity index (χ1v) is 8.42. The zero-order chi connectivity index (χ0) is 20.6. The summed E-state index contributed by atoms with van der Waals surface area (Å²) in [4.78, 5) is 47.0. The SMILES string of the molecule is CC(C)C(N)C(=O)NCC(=O)NC(C(=O)NC(C(=O)O)C(C)C)C(C)O. The predicted octanol–water partition coefficient (Wildman–Crippen LogP) is -1.82. The van der Waals surface area contributed by atoms with Crippen LogP contribution in [0, 0.1) is 11.8 Å². The van der Waals surface area contributed by atoms with Crippen molar-refractivity contribution < 1.29 is 29.4 Å². The number of carboxylic acids is 1. The average Bonchev–Trinajstić information content (AvgIpc) is 2.53. The fourth-order valence-electron chi connectivity index (χ4n) is 1.97. The molecular weight excluding hydrogens is 344 g/mol. The molecule has 0 bridgehead atoms. The Kier molecular flexibility index (Phi) is 9.81. The summed E-state index contributed by atoms with van der Waals surface area (Å²) in [5, 5.41) is 25.7. The number of aliphatic carboxylic acids is 1. The van der Waals surface area contributed by atoms with Gasteiger partial charge in [0.05, 0.1) is 18.7 Å². The van der Waals surface area contributed by atoms with Crippen LogP contribution in [0.3, 0.4) is 0 Å². The standard InChI is InChI=1S/C16H30N4O6/c1-7(2)11(17)14(23)18-6-10(22)19-13(9(5)21)15(24)20-12(8(3)4)16(25)26/h7-9,11-13,21H,6,17H2,1-5H3,(H,18,23)(H,19,22)(H,20,24)(H,25,26). The molecule has 150 valence electrons. The summed E-state index contributed by atoms with van der Waals surface area (Å²) in [6.07, 6.45) is -1.27. The molecule has 0 radical (unpaired) electrons. The van der Waals surface area contributed by atoms with Crippen LogP contribution in [0.1, 0.15) is 34.6 Å². The van der Waals surface area contributed by atoms with E-state index < -0.39 is 60.4 Å². The van der Waals surface area contributed by atoms with Gasteiger partial charge in [-0.3, -0.25) is 14.4 Å². The number of carbonyl (C=O) groups is 4. The number of hydrogen-bond donors (Lipinski definition) is 6. The van der Waals surface area contributed by atoms with Gasteiger partial charge >= 0.3 is 5.97 Å². The van der Waals surface area contributed by atoms with Crippen LogP contribution in [-0.4, -0.2) is 64.7 Å². The third-order valence-corrected chi connectivity index (χ3v) is 3.76. The molecule has 0 aliphatic heterocycles. The summed E-state index contributed by atoms with van der Waals surface area (Å²) in [6, 6.07) is -3.30. The van der Waals surface area contributed by atoms with Crippen molar-refractivity contribution in [1.82, 2.24) is 16.0 Å². The first kappa shape index (κ1) is 23.8. The minimum absolute atomic E-state index is 0.113. The monoisotopic (exact) mass is 374 g/mol. The molecule has 0 aromatic carbocycles. The minimum atomic E-state index is -1.36. The Bertz CT molecular complexity index is 521. The summed E-state index contributed by atoms with van der Waals surface area (Å²) < 4.78 is 0. The molecule has 0 spiro atoms. The van der Waals surface area contributed by atoms with Crippen LogP contribution >= 0.6 is 0 Å². The van der Waals surface area contributed by atoms with Crippen molar-refractivity contribution in [3.8, 4) is 0 Å². The second-order valence-corrected chi connectivity index (χ2v) is 6.84. The number of carbonyl (C=O) groups excluding carboxylic acids is 3. The normalized spacial score (nSPS) is 15.7. The van der Waals surface area contributed by atoms with Gasteiger partial charge in [0.15, 0.2) is 0 Å². The molecule has 0 aliphatic rings. The van der Waals surface area contributed by atoms with Crippen LogP contribution in [0.2, 0.25) is 0 Å². The second kappa shape index (κ2) is 10.7. The lowest BCUT2D eigenvalue weighted by Gasteiger charge is -2.25. The highest BCUT2D eigenvalue weighted by Gasteiger charge is 2.31. The Morgan fingerprint density at radius 2 is 1.42 bits per heavy atom. The molecule has 26 heavy (non-hydrogen) atoms. The smallest absolute Gasteiger partial charge is 0.326 e. The highest BCUT2D eigenvalue weighted by atomic mass is 16.4. The third kappa shape index (κ3) is 7.79. The number of aliphatic hydroxyl groups excluding tert-OH is 1. The molecule has 0 aliphatic carbocycles. The van der Waals surface area contributed by atoms with E-state index in [1.54, 1.807) is 27.7 Å². The van der Waals surface area contributed by atoms with Crippen molar-refractivity contribution in [1.29, 1.82) is 0 Å². The fourth-order valence-corrected chi connectivity index (χ4v) is 1.97. The molecule has 0 aromatic rings. The van der Waals surface area contributed by atoms with Crippen molar-refractivity contribution in [2.24, 2.45) is 17.6 Å². The lowest BCUT2D eigenvalue weighted by Crippen LogP contribution is -2.58. The van der Waals surface area contributed by atoms with Crippen molar-refractivity contribution >= 4 is 23.7 Å². The van der Waals surface area contributed by atoms with Gasteiger partial charge in [0.25, 0.3) is 0 Å². The van der Waals surface area contributed by atoms with Crippen LogP contribution in [0.25, 0.3) is 0 Å². The summed E-state index contributed by atoms with van der Waals surface area (Å²) >= 11 is 0. The number of carboxylic acid groups (broad SMARTS) is 1. The lowest BCUT2D eigenvalue weighted by atomic mass is 10.0. The van der Waals surface area contributed by atoms with E-state index in [1.807, 2.05) is 0 Å². The van der Waals surface area contributed by atoms with Crippen LogP contribution in [0.5, 0.6) is 0 Å². The Labute approximate surface area is 152 Å². The van der Waals surface area contributed by atoms with Crippen molar-refractivity contribution in [2.45, 2.75) is 58.8 Å². The van der Waals surface area contributed by atoms with E-state index in [-0.39, 0.29) is 5.92 Å². The molecule has 0 saturated heterocycles. The Hall–Kier alpha value is -2.20. The van der Waals surface area contributed by atoms with Gasteiger partial charge < -0.3 is 31.9 Å². The number of amides is 3. The van der Waals surface area contributed by atoms with Gasteiger partial charge in [-0.2, -0.15) is 0 Å². The summed E-state index contributed by atoms with van der Waals surface area (Å²) in [6.45, 7) is 7.59. The summed E-state index contributed by atoms with van der Waals surface area (Å²) in [5.41, 5.74) is 5.65. The number of aliphatic hydroxyl groups is 1. The third-order valence-electron chi connectivity index (χ3n) is 3.76. The maximum absolute atomic E-state index is 12.2. The van der Waals surface area contributed by atoms with E-state index in [2.05, 4.69) is 16.0 Å². The predicted molar refractivity (Wildman–Crippen MR) is 93.8 cm³/mol. The highest BCUT2D eigenvalue weighted by molar-refractivity contribution is 5.92. The van der Waals surface area contributed by atoms with Gasteiger partial charge in [0, 0.05) is 0 Å². The molecule has 0 rings (SSSR count). The Morgan fingerprint density at radius 3 is 1.81 bits per heavy atom. The molecule has 10 nitrogen and oxygen atoms in total. The van der Waals surface area contributed by atoms with E-state index in [1.165, 1.54) is 6.92 Å². The molecule has 3 amide bonds. The molecule has 0 fully saturated rings. The quantitative estimate of drug-likeness (QED) is 0.261. The minimum Gasteiger partial charge on any atom is -0.480 e. The van der Waals surface area contributed by atoms with Gasteiger partial charge in [-0.1, -0.05) is 27.7 Å². The van der Waals surface area contributed by atoms with Crippen LogP contribution in [0.4, 0.5) is 0 Å². The maximum atomic E-state index is 12.2. The zero-order valence-corrected chi connectivity index (χ0v) is 15.8. The first-order chi connectivity index (χ1) is 11.9. The first-order valence-electron chi connectivity index (χ1n) is 8.42. The van der Waals surface area contributed by atoms with E-state index >= 15 is 0 Å². The lowest BCUT2D eigenvalue weighted by molar-refractivity contribution is -0.144. The van der Waals surface area contributed by atoms with Crippen molar-refractivity contribution in [2.75, 3.05) is 6.54 Å². The topological polar surface area (TPSA) is 171 Å². The second-order valence-electron chi connectivity index (χ2n) is 6.84. The number of rotatable bonds is 10. The van der Waals surface area contributed by atoms with Gasteiger partial charge in [0.2, 0.25) is 17.7 Å². The highest BCUT2D eigenvalue weighted by Crippen LogP contribution is 2.04. The van der Waals surface area contributed by atoms with E-state index in [0.29, 0.717) is 0 Å². The van der Waals surface area contributed by atoms with Crippen molar-refractivity contribution in [3.05, 3.63) is 0 Å². The van der Waals surface area contributed by atoms with E-state index in [9.17, 15) is 24.3 Å². The molecule has 10 heteroatoms. The van der Waals surface area contributed by atoms with Gasteiger partial charge in [0.1, 0.15) is 12.1 Å². The molecule has 0 heterocycles. The van der Waals surface area contributed by atoms with Crippen LogP contribution < -0.4 is 21.7 Å².